The van der Waals surface area contributed by atoms with Crippen molar-refractivity contribution in [3.8, 4) is 0 Å². The fraction of sp³-hybridized carbons (Fsp3) is 0.176. The van der Waals surface area contributed by atoms with E-state index < -0.39 is 0 Å². The first-order valence-electron chi connectivity index (χ1n) is 6.85. The highest BCUT2D eigenvalue weighted by Crippen LogP contribution is 2.49. The highest BCUT2D eigenvalue weighted by atomic mass is 16.1. The fourth-order valence-electron chi connectivity index (χ4n) is 2.92. The van der Waals surface area contributed by atoms with Gasteiger partial charge < -0.3 is 4.98 Å². The third-order valence-corrected chi connectivity index (χ3v) is 4.10. The Morgan fingerprint density at radius 2 is 2.05 bits per heavy atom. The number of nitrogens with zero attached hydrogens (tertiary/aromatic N) is 1. The molecule has 3 heteroatoms. The lowest BCUT2D eigenvalue weighted by Crippen LogP contribution is -2.02. The maximum absolute atomic E-state index is 12.6. The molecule has 2 aromatic heterocycles. The van der Waals surface area contributed by atoms with Crippen LogP contribution in [0.15, 0.2) is 55.0 Å². The van der Waals surface area contributed by atoms with E-state index in [1.54, 1.807) is 12.4 Å². The van der Waals surface area contributed by atoms with Crippen LogP contribution in [-0.2, 0) is 0 Å². The number of hydrogen-bond acceptors (Lipinski definition) is 2. The topological polar surface area (TPSA) is 45.8 Å². The molecule has 1 saturated carbocycles. The Balaban J connectivity index is 1.63. The van der Waals surface area contributed by atoms with Gasteiger partial charge in [0.2, 0.25) is 0 Å². The van der Waals surface area contributed by atoms with Crippen LogP contribution in [0.3, 0.4) is 0 Å². The predicted molar refractivity (Wildman–Crippen MR) is 77.7 cm³/mol. The Hall–Kier alpha value is -2.42. The van der Waals surface area contributed by atoms with Gasteiger partial charge in [0.15, 0.2) is 5.78 Å². The molecular formula is C17H14N2O. The van der Waals surface area contributed by atoms with Gasteiger partial charge in [0.25, 0.3) is 0 Å². The molecule has 0 radical (unpaired) electrons. The number of rotatable bonds is 3. The first-order valence-corrected chi connectivity index (χ1v) is 6.85. The van der Waals surface area contributed by atoms with Gasteiger partial charge in [0, 0.05) is 41.0 Å². The molecule has 3 nitrogen and oxygen atoms in total. The summed E-state index contributed by atoms with van der Waals surface area (Å²) in [5.41, 5.74) is 3.01. The number of carbonyl (C=O) groups excluding carboxylic acids is 1. The lowest BCUT2D eigenvalue weighted by Gasteiger charge is -2.00. The molecule has 2 heterocycles. The van der Waals surface area contributed by atoms with Crippen molar-refractivity contribution in [3.63, 3.8) is 0 Å². The summed E-state index contributed by atoms with van der Waals surface area (Å²) in [6.45, 7) is 0. The van der Waals surface area contributed by atoms with Crippen molar-refractivity contribution >= 4 is 16.7 Å². The molecular weight excluding hydrogens is 248 g/mol. The van der Waals surface area contributed by atoms with Crippen LogP contribution in [0.4, 0.5) is 0 Å². The zero-order valence-electron chi connectivity index (χ0n) is 10.9. The quantitative estimate of drug-likeness (QED) is 0.734. The Labute approximate surface area is 116 Å². The number of fused-ring (bicyclic) bond motifs is 1. The van der Waals surface area contributed by atoms with Crippen molar-refractivity contribution in [2.45, 2.75) is 12.3 Å². The van der Waals surface area contributed by atoms with Crippen molar-refractivity contribution in [1.82, 2.24) is 9.97 Å². The number of carbonyl (C=O) groups is 1. The molecule has 1 aliphatic carbocycles. The molecule has 0 bridgehead atoms. The summed E-state index contributed by atoms with van der Waals surface area (Å²) in [5.74, 6) is 0.736. The molecule has 0 spiro atoms. The molecule has 0 saturated heterocycles. The van der Waals surface area contributed by atoms with Gasteiger partial charge in [0.05, 0.1) is 0 Å². The van der Waals surface area contributed by atoms with E-state index in [0.29, 0.717) is 5.92 Å². The Morgan fingerprint density at radius 3 is 2.90 bits per heavy atom. The standard InChI is InChI=1S/C17H14N2O/c20-17(13-8-12(13)11-4-2-1-3-5-11)15-10-19-16-6-7-18-9-14(15)16/h1-7,9-10,12-13,19H,8H2. The van der Waals surface area contributed by atoms with Crippen LogP contribution in [-0.4, -0.2) is 15.8 Å². The van der Waals surface area contributed by atoms with Crippen molar-refractivity contribution in [3.05, 3.63) is 66.1 Å². The maximum Gasteiger partial charge on any atom is 0.168 e. The molecule has 4 rings (SSSR count). The van der Waals surface area contributed by atoms with E-state index in [1.165, 1.54) is 5.56 Å². The van der Waals surface area contributed by atoms with Crippen LogP contribution < -0.4 is 0 Å². The number of aromatic amines is 1. The third-order valence-electron chi connectivity index (χ3n) is 4.10. The van der Waals surface area contributed by atoms with E-state index in [0.717, 1.165) is 22.9 Å². The van der Waals surface area contributed by atoms with Crippen LogP contribution in [0.1, 0.15) is 28.3 Å². The Kier molecular flexibility index (Phi) is 2.46. The minimum absolute atomic E-state index is 0.122. The molecule has 1 aliphatic rings. The molecule has 0 aliphatic heterocycles. The van der Waals surface area contributed by atoms with Crippen LogP contribution >= 0.6 is 0 Å². The molecule has 98 valence electrons. The average Bonchev–Trinajstić information content (AvgIpc) is 3.20. The summed E-state index contributed by atoms with van der Waals surface area (Å²) in [4.78, 5) is 19.9. The van der Waals surface area contributed by atoms with Gasteiger partial charge in [-0.15, -0.1) is 0 Å². The SMILES string of the molecule is O=C(c1c[nH]c2ccncc12)C1CC1c1ccccc1. The number of H-pyrrole nitrogens is 1. The summed E-state index contributed by atoms with van der Waals surface area (Å²) < 4.78 is 0. The van der Waals surface area contributed by atoms with E-state index >= 15 is 0 Å². The molecule has 1 aromatic carbocycles. The zero-order valence-corrected chi connectivity index (χ0v) is 10.9. The van der Waals surface area contributed by atoms with Crippen molar-refractivity contribution in [1.29, 1.82) is 0 Å². The van der Waals surface area contributed by atoms with Crippen LogP contribution in [0.5, 0.6) is 0 Å². The van der Waals surface area contributed by atoms with Gasteiger partial charge in [-0.25, -0.2) is 0 Å². The largest absolute Gasteiger partial charge is 0.360 e. The average molecular weight is 262 g/mol. The molecule has 0 amide bonds. The first kappa shape index (κ1) is 11.4. The minimum Gasteiger partial charge on any atom is -0.360 e. The highest BCUT2D eigenvalue weighted by Gasteiger charge is 2.44. The minimum atomic E-state index is 0.122. The lowest BCUT2D eigenvalue weighted by molar-refractivity contribution is 0.0967. The van der Waals surface area contributed by atoms with E-state index in [2.05, 4.69) is 22.1 Å². The van der Waals surface area contributed by atoms with E-state index in [-0.39, 0.29) is 11.7 Å². The second-order valence-electron chi connectivity index (χ2n) is 5.35. The highest BCUT2D eigenvalue weighted by molar-refractivity contribution is 6.10. The Bertz CT molecular complexity index is 776. The van der Waals surface area contributed by atoms with E-state index in [4.69, 9.17) is 0 Å². The number of aromatic nitrogens is 2. The number of benzene rings is 1. The number of ketones is 1. The van der Waals surface area contributed by atoms with Gasteiger partial charge in [-0.2, -0.15) is 0 Å². The number of Topliss-reactive ketones (excluding diaryl/α,β-unsaturated/α-hetero) is 1. The van der Waals surface area contributed by atoms with Crippen LogP contribution in [0.25, 0.3) is 10.9 Å². The van der Waals surface area contributed by atoms with Gasteiger partial charge in [0.1, 0.15) is 0 Å². The number of hydrogen-bond donors (Lipinski definition) is 1. The zero-order chi connectivity index (χ0) is 13.5. The van der Waals surface area contributed by atoms with Crippen molar-refractivity contribution in [2.75, 3.05) is 0 Å². The van der Waals surface area contributed by atoms with Gasteiger partial charge >= 0.3 is 0 Å². The number of pyridine rings is 1. The van der Waals surface area contributed by atoms with Crippen molar-refractivity contribution < 1.29 is 4.79 Å². The second kappa shape index (κ2) is 4.30. The molecule has 20 heavy (non-hydrogen) atoms. The molecule has 2 atom stereocenters. The van der Waals surface area contributed by atoms with E-state index in [1.807, 2.05) is 30.5 Å². The van der Waals surface area contributed by atoms with Gasteiger partial charge in [-0.1, -0.05) is 30.3 Å². The summed E-state index contributed by atoms with van der Waals surface area (Å²) in [6.07, 6.45) is 6.26. The molecule has 1 fully saturated rings. The van der Waals surface area contributed by atoms with Crippen LogP contribution in [0, 0.1) is 5.92 Å². The Morgan fingerprint density at radius 1 is 1.20 bits per heavy atom. The smallest absolute Gasteiger partial charge is 0.168 e. The van der Waals surface area contributed by atoms with Gasteiger partial charge in [-0.05, 0) is 24.0 Å². The summed E-state index contributed by atoms with van der Waals surface area (Å²) >= 11 is 0. The van der Waals surface area contributed by atoms with Crippen LogP contribution in [0.2, 0.25) is 0 Å². The molecule has 3 aromatic rings. The first-order chi connectivity index (χ1) is 9.84. The second-order valence-corrected chi connectivity index (χ2v) is 5.35. The maximum atomic E-state index is 12.6. The molecule has 1 N–H and O–H groups in total. The third kappa shape index (κ3) is 1.74. The summed E-state index contributed by atoms with van der Waals surface area (Å²) in [7, 11) is 0. The van der Waals surface area contributed by atoms with Gasteiger partial charge in [-0.3, -0.25) is 9.78 Å². The van der Waals surface area contributed by atoms with E-state index in [9.17, 15) is 4.79 Å². The summed E-state index contributed by atoms with van der Waals surface area (Å²) in [5, 5.41) is 0.927. The van der Waals surface area contributed by atoms with Crippen molar-refractivity contribution in [2.24, 2.45) is 5.92 Å². The monoisotopic (exact) mass is 262 g/mol. The molecule has 2 unspecified atom stereocenters. The normalized spacial score (nSPS) is 21.0. The predicted octanol–water partition coefficient (Wildman–Crippen LogP) is 3.55. The lowest BCUT2D eigenvalue weighted by atomic mass is 10.0. The fourth-order valence-corrected chi connectivity index (χ4v) is 2.92. The summed E-state index contributed by atoms with van der Waals surface area (Å²) in [6, 6.07) is 12.2. The number of nitrogens with one attached hydrogen (secondary N) is 1.